The number of amides is 1. The molecule has 9 heteroatoms. The molecule has 1 amide bonds. The summed E-state index contributed by atoms with van der Waals surface area (Å²) in [5.41, 5.74) is 1.23. The van der Waals surface area contributed by atoms with Crippen LogP contribution in [-0.4, -0.2) is 56.9 Å². The van der Waals surface area contributed by atoms with Gasteiger partial charge in [-0.2, -0.15) is 8.42 Å². The molecule has 2 fully saturated rings. The van der Waals surface area contributed by atoms with Crippen molar-refractivity contribution in [2.75, 3.05) is 19.7 Å². The molecule has 0 spiro atoms. The highest BCUT2D eigenvalue weighted by Gasteiger charge is 2.35. The van der Waals surface area contributed by atoms with Crippen LogP contribution >= 0.6 is 11.6 Å². The van der Waals surface area contributed by atoms with Gasteiger partial charge in [-0.05, 0) is 50.3 Å². The van der Waals surface area contributed by atoms with E-state index in [1.807, 2.05) is 4.90 Å². The van der Waals surface area contributed by atoms with Gasteiger partial charge >= 0.3 is 0 Å². The van der Waals surface area contributed by atoms with Crippen LogP contribution in [0.1, 0.15) is 38.2 Å². The van der Waals surface area contributed by atoms with Gasteiger partial charge in [0.25, 0.3) is 10.0 Å². The lowest BCUT2D eigenvalue weighted by atomic mass is 10.0. The quantitative estimate of drug-likeness (QED) is 0.785. The van der Waals surface area contributed by atoms with E-state index in [9.17, 15) is 13.2 Å². The summed E-state index contributed by atoms with van der Waals surface area (Å²) in [6.45, 7) is 3.71. The van der Waals surface area contributed by atoms with Crippen LogP contribution in [0.25, 0.3) is 4.91 Å². The number of nitrogens with zero attached hydrogens (tertiary/aromatic N) is 2. The van der Waals surface area contributed by atoms with Gasteiger partial charge in [-0.25, -0.2) is 0 Å². The summed E-state index contributed by atoms with van der Waals surface area (Å²) in [6.07, 6.45) is 2.84. The van der Waals surface area contributed by atoms with E-state index in [1.165, 1.54) is 0 Å². The van der Waals surface area contributed by atoms with E-state index < -0.39 is 10.0 Å². The van der Waals surface area contributed by atoms with E-state index in [4.69, 9.17) is 16.3 Å². The van der Waals surface area contributed by atoms with Crippen LogP contribution in [-0.2, 0) is 19.6 Å². The third kappa shape index (κ3) is 4.20. The van der Waals surface area contributed by atoms with Crippen LogP contribution in [0, 0.1) is 0 Å². The van der Waals surface area contributed by atoms with Crippen molar-refractivity contribution in [2.24, 2.45) is 4.40 Å². The highest BCUT2D eigenvalue weighted by Crippen LogP contribution is 2.34. The molecule has 1 aromatic carbocycles. The molecule has 0 unspecified atom stereocenters. The third-order valence-corrected chi connectivity index (χ3v) is 7.33. The van der Waals surface area contributed by atoms with Crippen molar-refractivity contribution in [3.05, 3.63) is 40.4 Å². The molecule has 3 aliphatic heterocycles. The molecule has 7 nitrogen and oxygen atoms in total. The van der Waals surface area contributed by atoms with E-state index in [-0.39, 0.29) is 23.0 Å². The predicted molar refractivity (Wildman–Crippen MR) is 112 cm³/mol. The molecule has 1 aromatic rings. The van der Waals surface area contributed by atoms with Crippen molar-refractivity contribution in [3.63, 3.8) is 0 Å². The molecule has 3 heterocycles. The maximum Gasteiger partial charge on any atom is 0.285 e. The van der Waals surface area contributed by atoms with Crippen molar-refractivity contribution >= 4 is 38.3 Å². The Balaban J connectivity index is 1.44. The molecule has 3 aliphatic rings. The SMILES string of the molecule is CC1=C(c2ccc(Cl)cc2)S(=O)(=O)N=C1N1CCC(NC(=O)[C@@H]2CCCO2)CC1. The molecule has 156 valence electrons. The molecule has 0 bridgehead atoms. The zero-order valence-corrected chi connectivity index (χ0v) is 17.8. The molecular formula is C20H24ClN3O4S. The Hall–Kier alpha value is -1.90. The summed E-state index contributed by atoms with van der Waals surface area (Å²) >= 11 is 5.93. The normalized spacial score (nSPS) is 24.7. The molecule has 0 radical (unpaired) electrons. The Bertz CT molecular complexity index is 958. The fourth-order valence-electron chi connectivity index (χ4n) is 4.10. The van der Waals surface area contributed by atoms with Gasteiger partial charge in [0.1, 0.15) is 16.8 Å². The Labute approximate surface area is 175 Å². The number of piperidine rings is 1. The highest BCUT2D eigenvalue weighted by atomic mass is 35.5. The van der Waals surface area contributed by atoms with Gasteiger partial charge in [-0.15, -0.1) is 4.40 Å². The Morgan fingerprint density at radius 3 is 2.52 bits per heavy atom. The van der Waals surface area contributed by atoms with E-state index >= 15 is 0 Å². The molecule has 1 atom stereocenters. The fourth-order valence-corrected chi connectivity index (χ4v) is 5.71. The molecule has 29 heavy (non-hydrogen) atoms. The number of ether oxygens (including phenoxy) is 1. The molecule has 2 saturated heterocycles. The number of sulfonamides is 1. The van der Waals surface area contributed by atoms with Gasteiger partial charge in [-0.1, -0.05) is 23.7 Å². The van der Waals surface area contributed by atoms with Crippen LogP contribution in [0.2, 0.25) is 5.02 Å². The van der Waals surface area contributed by atoms with Crippen LogP contribution in [0.3, 0.4) is 0 Å². The first-order valence-electron chi connectivity index (χ1n) is 9.84. The van der Waals surface area contributed by atoms with Crippen molar-refractivity contribution in [2.45, 2.75) is 44.8 Å². The maximum absolute atomic E-state index is 12.7. The first-order chi connectivity index (χ1) is 13.8. The first-order valence-corrected chi connectivity index (χ1v) is 11.7. The Morgan fingerprint density at radius 2 is 1.90 bits per heavy atom. The van der Waals surface area contributed by atoms with Crippen molar-refractivity contribution in [1.29, 1.82) is 0 Å². The molecule has 1 N–H and O–H groups in total. The van der Waals surface area contributed by atoms with E-state index in [1.54, 1.807) is 31.2 Å². The minimum Gasteiger partial charge on any atom is -0.368 e. The number of nitrogens with one attached hydrogen (secondary N) is 1. The van der Waals surface area contributed by atoms with Crippen molar-refractivity contribution in [3.8, 4) is 0 Å². The molecule has 0 aliphatic carbocycles. The second-order valence-corrected chi connectivity index (χ2v) is 9.60. The number of halogens is 1. The van der Waals surface area contributed by atoms with E-state index in [0.29, 0.717) is 41.7 Å². The second kappa shape index (κ2) is 8.08. The maximum atomic E-state index is 12.7. The third-order valence-electron chi connectivity index (χ3n) is 5.61. The lowest BCUT2D eigenvalue weighted by Gasteiger charge is -2.34. The monoisotopic (exact) mass is 437 g/mol. The van der Waals surface area contributed by atoms with Gasteiger partial charge in [0.15, 0.2) is 0 Å². The number of hydrogen-bond acceptors (Lipinski definition) is 5. The first kappa shape index (κ1) is 20.4. The average Bonchev–Trinajstić information content (AvgIpc) is 3.30. The topological polar surface area (TPSA) is 88.1 Å². The minimum atomic E-state index is -3.75. The summed E-state index contributed by atoms with van der Waals surface area (Å²) in [5.74, 6) is 0.460. The van der Waals surface area contributed by atoms with Gasteiger partial charge in [-0.3, -0.25) is 4.79 Å². The van der Waals surface area contributed by atoms with E-state index in [0.717, 1.165) is 25.7 Å². The summed E-state index contributed by atoms with van der Waals surface area (Å²) in [4.78, 5) is 14.5. The second-order valence-electron chi connectivity index (χ2n) is 7.62. The molecular weight excluding hydrogens is 414 g/mol. The summed E-state index contributed by atoms with van der Waals surface area (Å²) in [6, 6.07) is 6.81. The number of likely N-dealkylation sites (tertiary alicyclic amines) is 1. The van der Waals surface area contributed by atoms with Crippen LogP contribution < -0.4 is 5.32 Å². The van der Waals surface area contributed by atoms with Gasteiger partial charge < -0.3 is 15.0 Å². The van der Waals surface area contributed by atoms with E-state index in [2.05, 4.69) is 9.71 Å². The number of carbonyl (C=O) groups excluding carboxylic acids is 1. The fraction of sp³-hybridized carbons (Fsp3) is 0.500. The minimum absolute atomic E-state index is 0.0390. The average molecular weight is 438 g/mol. The highest BCUT2D eigenvalue weighted by molar-refractivity contribution is 8.00. The largest absolute Gasteiger partial charge is 0.368 e. The molecule has 4 rings (SSSR count). The van der Waals surface area contributed by atoms with Crippen LogP contribution in [0.15, 0.2) is 34.2 Å². The van der Waals surface area contributed by atoms with Crippen LogP contribution in [0.5, 0.6) is 0 Å². The summed E-state index contributed by atoms with van der Waals surface area (Å²) in [7, 11) is -3.75. The van der Waals surface area contributed by atoms with Crippen LogP contribution in [0.4, 0.5) is 0 Å². The molecule has 0 saturated carbocycles. The van der Waals surface area contributed by atoms with Gasteiger partial charge in [0, 0.05) is 36.3 Å². The number of benzene rings is 1. The number of hydrogen-bond donors (Lipinski definition) is 1. The Morgan fingerprint density at radius 1 is 1.21 bits per heavy atom. The molecule has 0 aromatic heterocycles. The lowest BCUT2D eigenvalue weighted by Crippen LogP contribution is -2.48. The zero-order valence-electron chi connectivity index (χ0n) is 16.2. The summed E-state index contributed by atoms with van der Waals surface area (Å²) in [5, 5.41) is 3.62. The number of carbonyl (C=O) groups is 1. The van der Waals surface area contributed by atoms with Crippen molar-refractivity contribution < 1.29 is 17.9 Å². The lowest BCUT2D eigenvalue weighted by molar-refractivity contribution is -0.131. The van der Waals surface area contributed by atoms with Crippen molar-refractivity contribution in [1.82, 2.24) is 10.2 Å². The predicted octanol–water partition coefficient (Wildman–Crippen LogP) is 2.57. The number of amidine groups is 1. The number of rotatable bonds is 3. The van der Waals surface area contributed by atoms with Gasteiger partial charge in [0.05, 0.1) is 0 Å². The van der Waals surface area contributed by atoms with Gasteiger partial charge in [0.2, 0.25) is 5.91 Å². The zero-order chi connectivity index (χ0) is 20.6. The standard InChI is InChI=1S/C20H24ClN3O4S/c1-13-18(14-4-6-15(21)7-5-14)29(26,27)23-19(13)24-10-8-16(9-11-24)22-20(25)17-3-2-12-28-17/h4-7,16-17H,2-3,8-12H2,1H3,(H,22,25)/t17-/m0/s1. The smallest absolute Gasteiger partial charge is 0.285 e. The summed E-state index contributed by atoms with van der Waals surface area (Å²) < 4.78 is 34.9. The Kier molecular flexibility index (Phi) is 5.68.